The second-order valence-electron chi connectivity index (χ2n) is 2.37. The summed E-state index contributed by atoms with van der Waals surface area (Å²) < 4.78 is 4.97. The van der Waals surface area contributed by atoms with Gasteiger partial charge in [-0.05, 0) is 0 Å². The number of hydrogen-bond acceptors (Lipinski definition) is 3. The fourth-order valence-corrected chi connectivity index (χ4v) is 1.11. The molecule has 12 heavy (non-hydrogen) atoms. The van der Waals surface area contributed by atoms with Crippen LogP contribution in [0.2, 0.25) is 0 Å². The van der Waals surface area contributed by atoms with Gasteiger partial charge in [-0.3, -0.25) is 0 Å². The van der Waals surface area contributed by atoms with E-state index in [-0.39, 0.29) is 5.58 Å². The maximum absolute atomic E-state index is 10.4. The number of nitro groups is 1. The van der Waals surface area contributed by atoms with Crippen LogP contribution >= 0.6 is 0 Å². The molecule has 2 aromatic rings. The van der Waals surface area contributed by atoms with Crippen molar-refractivity contribution in [3.63, 3.8) is 0 Å². The zero-order valence-electron chi connectivity index (χ0n) is 6.06. The van der Waals surface area contributed by atoms with E-state index in [2.05, 4.69) is 0 Å². The normalized spacial score (nSPS) is 10.0. The summed E-state index contributed by atoms with van der Waals surface area (Å²) in [6, 6.07) is 6.87. The minimum atomic E-state index is -0.453. The standard InChI is InChI=1S/C7H4BNO3/c10-9(11)7-5-3-1-2-4-6(5)12-8-7/h1-4H. The van der Waals surface area contributed by atoms with Crippen molar-refractivity contribution in [1.82, 2.24) is 0 Å². The Morgan fingerprint density at radius 1 is 1.42 bits per heavy atom. The zero-order chi connectivity index (χ0) is 8.55. The third-order valence-corrected chi connectivity index (χ3v) is 1.66. The predicted molar refractivity (Wildman–Crippen MR) is 44.2 cm³/mol. The molecule has 58 valence electrons. The molecule has 1 heterocycles. The summed E-state index contributed by atoms with van der Waals surface area (Å²) in [5.74, 6) is 0. The Morgan fingerprint density at radius 2 is 2.17 bits per heavy atom. The maximum atomic E-state index is 10.4. The van der Waals surface area contributed by atoms with Gasteiger partial charge in [0.25, 0.3) is 0 Å². The van der Waals surface area contributed by atoms with Crippen LogP contribution in [0.4, 0.5) is 5.58 Å². The van der Waals surface area contributed by atoms with Crippen LogP contribution in [0, 0.1) is 10.1 Å². The first kappa shape index (κ1) is 7.03. The summed E-state index contributed by atoms with van der Waals surface area (Å²) >= 11 is 0. The van der Waals surface area contributed by atoms with Gasteiger partial charge in [-0.1, -0.05) is 0 Å². The van der Waals surface area contributed by atoms with Crippen molar-refractivity contribution >= 4 is 23.7 Å². The Hall–Kier alpha value is -1.65. The molecule has 0 radical (unpaired) electrons. The molecule has 4 nitrogen and oxygen atoms in total. The van der Waals surface area contributed by atoms with Gasteiger partial charge in [-0.2, -0.15) is 0 Å². The van der Waals surface area contributed by atoms with Crippen LogP contribution in [0.25, 0.3) is 11.0 Å². The number of benzene rings is 1. The Labute approximate surface area is 68.2 Å². The Bertz CT molecular complexity index is 437. The summed E-state index contributed by atoms with van der Waals surface area (Å²) in [6.45, 7) is 0. The molecule has 0 spiro atoms. The van der Waals surface area contributed by atoms with Crippen LogP contribution in [0.5, 0.6) is 0 Å². The van der Waals surface area contributed by atoms with Crippen molar-refractivity contribution in [3.8, 4) is 0 Å². The van der Waals surface area contributed by atoms with Crippen LogP contribution in [0.15, 0.2) is 28.6 Å². The van der Waals surface area contributed by atoms with E-state index >= 15 is 0 Å². The van der Waals surface area contributed by atoms with E-state index in [9.17, 15) is 10.1 Å². The van der Waals surface area contributed by atoms with Crippen molar-refractivity contribution in [3.05, 3.63) is 34.4 Å². The molecule has 0 bridgehead atoms. The average Bonchev–Trinajstić information content (AvgIpc) is 2.47. The van der Waals surface area contributed by atoms with Crippen molar-refractivity contribution < 1.29 is 9.25 Å². The molecule has 0 amide bonds. The van der Waals surface area contributed by atoms with Crippen molar-refractivity contribution in [2.75, 3.05) is 0 Å². The Balaban J connectivity index is 2.79. The summed E-state index contributed by atoms with van der Waals surface area (Å²) in [6.07, 6.45) is 0. The average molecular weight is 161 g/mol. The summed E-state index contributed by atoms with van der Waals surface area (Å²) in [4.78, 5) is 9.97. The van der Waals surface area contributed by atoms with Gasteiger partial charge >= 0.3 is 67.3 Å². The van der Waals surface area contributed by atoms with Crippen LogP contribution in [-0.2, 0) is 0 Å². The third kappa shape index (κ3) is 0.904. The number of para-hydroxylation sites is 1. The number of rotatable bonds is 1. The molecular weight excluding hydrogens is 157 g/mol. The molecule has 0 aliphatic heterocycles. The molecule has 1 aromatic carbocycles. The first-order valence-corrected chi connectivity index (χ1v) is 3.39. The summed E-state index contributed by atoms with van der Waals surface area (Å²) in [7, 11) is 1.16. The van der Waals surface area contributed by atoms with E-state index in [0.29, 0.717) is 11.0 Å². The molecule has 0 aliphatic rings. The molecule has 0 N–H and O–H groups in total. The molecule has 0 saturated heterocycles. The quantitative estimate of drug-likeness (QED) is 0.472. The molecule has 0 saturated carbocycles. The molecule has 0 aliphatic carbocycles. The van der Waals surface area contributed by atoms with Gasteiger partial charge < -0.3 is 0 Å². The van der Waals surface area contributed by atoms with Crippen molar-refractivity contribution in [2.24, 2.45) is 0 Å². The van der Waals surface area contributed by atoms with E-state index in [4.69, 9.17) is 4.33 Å². The number of fused-ring (bicyclic) bond motifs is 1. The predicted octanol–water partition coefficient (Wildman–Crippen LogP) is 1.68. The van der Waals surface area contributed by atoms with Crippen LogP contribution in [0.3, 0.4) is 0 Å². The fourth-order valence-electron chi connectivity index (χ4n) is 1.11. The molecule has 2 rings (SSSR count). The van der Waals surface area contributed by atoms with E-state index in [1.807, 2.05) is 0 Å². The van der Waals surface area contributed by atoms with Crippen LogP contribution in [-0.4, -0.2) is 12.0 Å². The van der Waals surface area contributed by atoms with E-state index in [0.717, 1.165) is 7.13 Å². The van der Waals surface area contributed by atoms with Crippen molar-refractivity contribution in [2.45, 2.75) is 0 Å². The number of hydrogen-bond donors (Lipinski definition) is 0. The first-order valence-electron chi connectivity index (χ1n) is 3.39. The fraction of sp³-hybridized carbons (Fsp3) is 0. The zero-order valence-corrected chi connectivity index (χ0v) is 6.06. The molecule has 5 heteroatoms. The molecule has 0 fully saturated rings. The van der Waals surface area contributed by atoms with Gasteiger partial charge in [-0.25, -0.2) is 0 Å². The van der Waals surface area contributed by atoms with Crippen molar-refractivity contribution in [1.29, 1.82) is 0 Å². The SMILES string of the molecule is O=[N+]([O-])c1boc2ccccc12. The minimum absolute atomic E-state index is 0.0191. The number of nitrogens with zero attached hydrogens (tertiary/aromatic N) is 1. The summed E-state index contributed by atoms with van der Waals surface area (Å²) in [5, 5.41) is 11.0. The second-order valence-corrected chi connectivity index (χ2v) is 2.37. The Kier molecular flexibility index (Phi) is 1.43. The van der Waals surface area contributed by atoms with Gasteiger partial charge in [0.1, 0.15) is 0 Å². The van der Waals surface area contributed by atoms with Gasteiger partial charge in [0.15, 0.2) is 0 Å². The van der Waals surface area contributed by atoms with Gasteiger partial charge in [0.05, 0.1) is 0 Å². The molecule has 1 aromatic heterocycles. The van der Waals surface area contributed by atoms with E-state index in [1.165, 1.54) is 0 Å². The molecular formula is C7H4BNO3. The topological polar surface area (TPSA) is 56.3 Å². The molecule has 0 atom stereocenters. The Morgan fingerprint density at radius 3 is 2.92 bits per heavy atom. The van der Waals surface area contributed by atoms with Crippen LogP contribution in [0.1, 0.15) is 0 Å². The monoisotopic (exact) mass is 161 g/mol. The molecule has 0 unspecified atom stereocenters. The van der Waals surface area contributed by atoms with Gasteiger partial charge in [0, 0.05) is 0 Å². The van der Waals surface area contributed by atoms with Gasteiger partial charge in [0.2, 0.25) is 0 Å². The summed E-state index contributed by atoms with van der Waals surface area (Å²) in [5.41, 5.74) is 0.565. The second kappa shape index (κ2) is 2.44. The van der Waals surface area contributed by atoms with Gasteiger partial charge in [-0.15, -0.1) is 0 Å². The first-order chi connectivity index (χ1) is 5.79. The third-order valence-electron chi connectivity index (χ3n) is 1.66. The van der Waals surface area contributed by atoms with E-state index in [1.54, 1.807) is 24.3 Å². The van der Waals surface area contributed by atoms with Crippen LogP contribution < -0.4 is 0 Å². The van der Waals surface area contributed by atoms with E-state index < -0.39 is 4.92 Å².